The predicted molar refractivity (Wildman–Crippen MR) is 45.4 cm³/mol. The summed E-state index contributed by atoms with van der Waals surface area (Å²) in [5.74, 6) is -0.950. The van der Waals surface area contributed by atoms with Gasteiger partial charge in [-0.05, 0) is 18.2 Å². The third-order valence-electron chi connectivity index (χ3n) is 2.12. The highest BCUT2D eigenvalue weighted by atomic mass is 16.4. The van der Waals surface area contributed by atoms with E-state index in [1.807, 2.05) is 0 Å². The van der Waals surface area contributed by atoms with Crippen LogP contribution in [0, 0.1) is 0 Å². The summed E-state index contributed by atoms with van der Waals surface area (Å²) in [6, 6.07) is 3.27. The van der Waals surface area contributed by atoms with Crippen molar-refractivity contribution in [2.24, 2.45) is 0 Å². The molecule has 1 N–H and O–H groups in total. The Morgan fingerprint density at radius 2 is 2.31 bits per heavy atom. The van der Waals surface area contributed by atoms with Crippen LogP contribution in [0.15, 0.2) is 18.2 Å². The largest absolute Gasteiger partial charge is 0.478 e. The number of carboxylic acid groups (broad SMARTS) is 1. The quantitative estimate of drug-likeness (QED) is 0.679. The molecule has 0 saturated carbocycles. The van der Waals surface area contributed by atoms with E-state index in [2.05, 4.69) is 0 Å². The summed E-state index contributed by atoms with van der Waals surface area (Å²) in [5.41, 5.74) is 1.39. The Kier molecular flexibility index (Phi) is 1.55. The highest BCUT2D eigenvalue weighted by molar-refractivity contribution is 6.15. The smallest absolute Gasteiger partial charge is 0.337 e. The number of allylic oxidation sites excluding steroid dienone is 1. The molecule has 0 spiro atoms. The number of fused-ring (bicyclic) bond motifs is 1. The summed E-state index contributed by atoms with van der Waals surface area (Å²) in [7, 11) is 0. The van der Waals surface area contributed by atoms with Gasteiger partial charge in [-0.15, -0.1) is 0 Å². The van der Waals surface area contributed by atoms with E-state index < -0.39 is 5.97 Å². The summed E-state index contributed by atoms with van der Waals surface area (Å²) < 4.78 is 1.68. The molecule has 0 radical (unpaired) electrons. The molecular weight excluding hydrogens is 170 g/mol. The molecule has 4 nitrogen and oxygen atoms in total. The molecule has 0 unspecified atom stereocenters. The molecule has 13 heavy (non-hydrogen) atoms. The molecule has 0 atom stereocenters. The summed E-state index contributed by atoms with van der Waals surface area (Å²) in [6.07, 6.45) is 2.33. The van der Waals surface area contributed by atoms with Crippen molar-refractivity contribution in [2.45, 2.75) is 6.54 Å². The number of rotatable bonds is 2. The Labute approximate surface area is 74.1 Å². The van der Waals surface area contributed by atoms with E-state index in [-0.39, 0.29) is 5.57 Å². The summed E-state index contributed by atoms with van der Waals surface area (Å²) in [4.78, 5) is 21.2. The van der Waals surface area contributed by atoms with Gasteiger partial charge in [0.05, 0.1) is 17.0 Å². The van der Waals surface area contributed by atoms with E-state index in [0.29, 0.717) is 17.9 Å². The van der Waals surface area contributed by atoms with Crippen LogP contribution in [0.1, 0.15) is 16.2 Å². The minimum atomic E-state index is -0.950. The Balaban J connectivity index is 2.51. The average molecular weight is 177 g/mol. The van der Waals surface area contributed by atoms with Crippen molar-refractivity contribution in [3.8, 4) is 0 Å². The van der Waals surface area contributed by atoms with E-state index in [4.69, 9.17) is 5.11 Å². The highest BCUT2D eigenvalue weighted by Crippen LogP contribution is 2.24. The van der Waals surface area contributed by atoms with Crippen molar-refractivity contribution in [3.63, 3.8) is 0 Å². The molecule has 1 aliphatic rings. The highest BCUT2D eigenvalue weighted by Gasteiger charge is 2.21. The first-order valence-corrected chi connectivity index (χ1v) is 3.82. The standard InChI is InChI=1S/C9H7NO3/c11-5-6-1-2-8-7(9(12)13)3-4-10(6)8/h1-3,5H,4H2,(H,12,13). The number of aliphatic carboxylic acids is 1. The number of nitrogens with zero attached hydrogens (tertiary/aromatic N) is 1. The molecule has 0 fully saturated rings. The molecule has 1 aliphatic heterocycles. The van der Waals surface area contributed by atoms with Crippen LogP contribution in [0.4, 0.5) is 0 Å². The lowest BCUT2D eigenvalue weighted by Crippen LogP contribution is -2.01. The van der Waals surface area contributed by atoms with Gasteiger partial charge in [-0.25, -0.2) is 4.79 Å². The molecule has 1 aromatic rings. The van der Waals surface area contributed by atoms with Crippen molar-refractivity contribution in [1.29, 1.82) is 0 Å². The van der Waals surface area contributed by atoms with E-state index in [1.54, 1.807) is 22.8 Å². The normalized spacial score (nSPS) is 13.7. The number of carbonyl (C=O) groups excluding carboxylic acids is 1. The zero-order valence-corrected chi connectivity index (χ0v) is 6.73. The van der Waals surface area contributed by atoms with Gasteiger partial charge in [0.1, 0.15) is 0 Å². The first-order chi connectivity index (χ1) is 6.24. The molecule has 2 heterocycles. The Morgan fingerprint density at radius 3 is 2.92 bits per heavy atom. The second-order valence-corrected chi connectivity index (χ2v) is 2.79. The van der Waals surface area contributed by atoms with Gasteiger partial charge >= 0.3 is 5.97 Å². The van der Waals surface area contributed by atoms with Crippen molar-refractivity contribution in [3.05, 3.63) is 29.6 Å². The molecule has 0 aliphatic carbocycles. The number of hydrogen-bond donors (Lipinski definition) is 1. The predicted octanol–water partition coefficient (Wildman–Crippen LogP) is 0.782. The third-order valence-corrected chi connectivity index (χ3v) is 2.12. The maximum atomic E-state index is 10.7. The summed E-state index contributed by atoms with van der Waals surface area (Å²) in [5, 5.41) is 8.77. The molecule has 2 rings (SSSR count). The van der Waals surface area contributed by atoms with Crippen LogP contribution >= 0.6 is 0 Å². The molecule has 0 aromatic carbocycles. The second kappa shape index (κ2) is 2.58. The van der Waals surface area contributed by atoms with Crippen molar-refractivity contribution in [2.75, 3.05) is 0 Å². The molecule has 0 saturated heterocycles. The minimum absolute atomic E-state index is 0.271. The number of carboxylic acids is 1. The van der Waals surface area contributed by atoms with Gasteiger partial charge < -0.3 is 9.67 Å². The number of hydrogen-bond acceptors (Lipinski definition) is 2. The first kappa shape index (κ1) is 7.79. The van der Waals surface area contributed by atoms with Crippen molar-refractivity contribution < 1.29 is 14.7 Å². The maximum absolute atomic E-state index is 10.7. The van der Waals surface area contributed by atoms with E-state index in [0.717, 1.165) is 6.29 Å². The zero-order valence-electron chi connectivity index (χ0n) is 6.73. The Hall–Kier alpha value is -1.84. The minimum Gasteiger partial charge on any atom is -0.478 e. The Bertz CT molecular complexity index is 414. The van der Waals surface area contributed by atoms with E-state index in [9.17, 15) is 9.59 Å². The fourth-order valence-corrected chi connectivity index (χ4v) is 1.51. The molecule has 0 amide bonds. The fourth-order valence-electron chi connectivity index (χ4n) is 1.51. The van der Waals surface area contributed by atoms with Crippen LogP contribution in [-0.4, -0.2) is 21.9 Å². The molecule has 0 bridgehead atoms. The average Bonchev–Trinajstić information content (AvgIpc) is 2.61. The van der Waals surface area contributed by atoms with Crippen LogP contribution in [-0.2, 0) is 11.3 Å². The number of aldehydes is 1. The van der Waals surface area contributed by atoms with Crippen LogP contribution in [0.2, 0.25) is 0 Å². The Morgan fingerprint density at radius 1 is 1.54 bits per heavy atom. The van der Waals surface area contributed by atoms with Gasteiger partial charge in [0.15, 0.2) is 6.29 Å². The van der Waals surface area contributed by atoms with Gasteiger partial charge in [0.2, 0.25) is 0 Å². The fraction of sp³-hybridized carbons (Fsp3) is 0.111. The van der Waals surface area contributed by atoms with Gasteiger partial charge in [0.25, 0.3) is 0 Å². The number of aromatic nitrogens is 1. The van der Waals surface area contributed by atoms with Crippen LogP contribution < -0.4 is 0 Å². The lowest BCUT2D eigenvalue weighted by atomic mass is 10.2. The van der Waals surface area contributed by atoms with Gasteiger partial charge in [-0.3, -0.25) is 4.79 Å². The lowest BCUT2D eigenvalue weighted by Gasteiger charge is -1.99. The van der Waals surface area contributed by atoms with Gasteiger partial charge in [-0.2, -0.15) is 0 Å². The second-order valence-electron chi connectivity index (χ2n) is 2.79. The SMILES string of the molecule is O=Cc1ccc2n1CC=C2C(=O)O. The van der Waals surface area contributed by atoms with Crippen molar-refractivity contribution >= 4 is 17.8 Å². The van der Waals surface area contributed by atoms with Gasteiger partial charge in [0, 0.05) is 6.54 Å². The monoisotopic (exact) mass is 177 g/mol. The van der Waals surface area contributed by atoms with Crippen LogP contribution in [0.25, 0.3) is 5.57 Å². The number of carbonyl (C=O) groups is 2. The molecule has 66 valence electrons. The first-order valence-electron chi connectivity index (χ1n) is 3.82. The zero-order chi connectivity index (χ0) is 9.42. The summed E-state index contributed by atoms with van der Waals surface area (Å²) in [6.45, 7) is 0.470. The van der Waals surface area contributed by atoms with Crippen LogP contribution in [0.5, 0.6) is 0 Å². The maximum Gasteiger partial charge on any atom is 0.337 e. The van der Waals surface area contributed by atoms with Gasteiger partial charge in [-0.1, -0.05) is 0 Å². The topological polar surface area (TPSA) is 59.3 Å². The van der Waals surface area contributed by atoms with E-state index >= 15 is 0 Å². The molecule has 4 heteroatoms. The van der Waals surface area contributed by atoms with E-state index in [1.165, 1.54) is 0 Å². The van der Waals surface area contributed by atoms with Crippen molar-refractivity contribution in [1.82, 2.24) is 4.57 Å². The summed E-state index contributed by atoms with van der Waals surface area (Å²) >= 11 is 0. The lowest BCUT2D eigenvalue weighted by molar-refractivity contribution is -0.130. The molecular formula is C9H7NO3. The van der Waals surface area contributed by atoms with Crippen LogP contribution in [0.3, 0.4) is 0 Å². The third kappa shape index (κ3) is 0.989. The molecule has 1 aromatic heterocycles.